The Hall–Kier alpha value is -1.66. The molecule has 5 nitrogen and oxygen atoms in total. The van der Waals surface area contributed by atoms with Gasteiger partial charge in [-0.2, -0.15) is 5.10 Å². The number of aryl methyl sites for hydroxylation is 1. The summed E-state index contributed by atoms with van der Waals surface area (Å²) in [5, 5.41) is 8.04. The summed E-state index contributed by atoms with van der Waals surface area (Å²) in [6.45, 7) is 5.56. The van der Waals surface area contributed by atoms with Gasteiger partial charge in [0.2, 0.25) is 0 Å². The van der Waals surface area contributed by atoms with Crippen LogP contribution in [0.5, 0.6) is 0 Å². The average Bonchev–Trinajstić information content (AvgIpc) is 3.01. The highest BCUT2D eigenvalue weighted by Gasteiger charge is 2.27. The molecule has 2 heterocycles. The standard InChI is InChI=1S/C17H23N3O2S/c1-13-17(11-18-10-15-8-9-23(21,22)12-15)14(2)20(19-13)16-6-4-3-5-7-16/h3-7,15,18H,8-12H2,1-2H3/t15-/m0/s1. The third-order valence-corrected chi connectivity index (χ3v) is 6.34. The second-order valence-electron chi connectivity index (χ2n) is 6.30. The molecule has 1 atom stereocenters. The van der Waals surface area contributed by atoms with E-state index in [2.05, 4.69) is 17.3 Å². The maximum Gasteiger partial charge on any atom is 0.150 e. The number of hydrogen-bond donors (Lipinski definition) is 1. The quantitative estimate of drug-likeness (QED) is 0.909. The van der Waals surface area contributed by atoms with E-state index in [0.29, 0.717) is 11.5 Å². The average molecular weight is 333 g/mol. The largest absolute Gasteiger partial charge is 0.312 e. The lowest BCUT2D eigenvalue weighted by Crippen LogP contribution is -2.23. The maximum atomic E-state index is 11.5. The molecule has 3 rings (SSSR count). The van der Waals surface area contributed by atoms with E-state index in [1.165, 1.54) is 5.56 Å². The van der Waals surface area contributed by atoms with Crippen LogP contribution in [0.15, 0.2) is 30.3 Å². The molecule has 1 aromatic carbocycles. The van der Waals surface area contributed by atoms with Gasteiger partial charge < -0.3 is 5.32 Å². The van der Waals surface area contributed by atoms with E-state index < -0.39 is 9.84 Å². The van der Waals surface area contributed by atoms with Gasteiger partial charge >= 0.3 is 0 Å². The van der Waals surface area contributed by atoms with Gasteiger partial charge in [0.25, 0.3) is 0 Å². The van der Waals surface area contributed by atoms with Crippen molar-refractivity contribution in [3.8, 4) is 5.69 Å². The topological polar surface area (TPSA) is 64.0 Å². The SMILES string of the molecule is Cc1nn(-c2ccccc2)c(C)c1CNC[C@@H]1CCS(=O)(=O)C1. The van der Waals surface area contributed by atoms with Crippen molar-refractivity contribution < 1.29 is 8.42 Å². The van der Waals surface area contributed by atoms with Crippen molar-refractivity contribution >= 4 is 9.84 Å². The van der Waals surface area contributed by atoms with Gasteiger partial charge in [0.15, 0.2) is 9.84 Å². The first-order valence-electron chi connectivity index (χ1n) is 7.98. The number of rotatable bonds is 5. The molecule has 0 aliphatic carbocycles. The predicted octanol–water partition coefficient (Wildman–Crippen LogP) is 2.01. The molecule has 0 radical (unpaired) electrons. The molecule has 0 spiro atoms. The first kappa shape index (κ1) is 16.2. The Kier molecular flexibility index (Phi) is 4.55. The van der Waals surface area contributed by atoms with Crippen LogP contribution in [-0.4, -0.2) is 36.2 Å². The van der Waals surface area contributed by atoms with Crippen LogP contribution < -0.4 is 5.32 Å². The minimum Gasteiger partial charge on any atom is -0.312 e. The molecule has 0 bridgehead atoms. The summed E-state index contributed by atoms with van der Waals surface area (Å²) in [7, 11) is -2.80. The van der Waals surface area contributed by atoms with Gasteiger partial charge in [0.05, 0.1) is 22.9 Å². The van der Waals surface area contributed by atoms with Gasteiger partial charge in [-0.3, -0.25) is 0 Å². The highest BCUT2D eigenvalue weighted by atomic mass is 32.2. The molecular weight excluding hydrogens is 310 g/mol. The molecule has 23 heavy (non-hydrogen) atoms. The molecule has 2 aromatic rings. The Morgan fingerprint density at radius 3 is 2.65 bits per heavy atom. The Morgan fingerprint density at radius 1 is 1.26 bits per heavy atom. The zero-order valence-electron chi connectivity index (χ0n) is 13.6. The first-order valence-corrected chi connectivity index (χ1v) is 9.80. The van der Waals surface area contributed by atoms with E-state index >= 15 is 0 Å². The summed E-state index contributed by atoms with van der Waals surface area (Å²) in [4.78, 5) is 0. The van der Waals surface area contributed by atoms with Gasteiger partial charge in [-0.25, -0.2) is 13.1 Å². The summed E-state index contributed by atoms with van der Waals surface area (Å²) >= 11 is 0. The number of para-hydroxylation sites is 1. The molecule has 1 aromatic heterocycles. The van der Waals surface area contributed by atoms with Crippen molar-refractivity contribution in [2.24, 2.45) is 5.92 Å². The molecule has 1 saturated heterocycles. The highest BCUT2D eigenvalue weighted by Crippen LogP contribution is 2.19. The fourth-order valence-corrected chi connectivity index (χ4v) is 5.05. The van der Waals surface area contributed by atoms with E-state index in [1.807, 2.05) is 41.9 Å². The maximum absolute atomic E-state index is 11.5. The van der Waals surface area contributed by atoms with Crippen molar-refractivity contribution in [1.82, 2.24) is 15.1 Å². The van der Waals surface area contributed by atoms with Crippen molar-refractivity contribution in [3.63, 3.8) is 0 Å². The summed E-state index contributed by atoms with van der Waals surface area (Å²) in [5.74, 6) is 0.898. The van der Waals surface area contributed by atoms with E-state index in [1.54, 1.807) is 0 Å². The lowest BCUT2D eigenvalue weighted by Gasteiger charge is -2.10. The van der Waals surface area contributed by atoms with Crippen LogP contribution in [0.3, 0.4) is 0 Å². The fraction of sp³-hybridized carbons (Fsp3) is 0.471. The second kappa shape index (κ2) is 6.45. The third-order valence-electron chi connectivity index (χ3n) is 4.50. The van der Waals surface area contributed by atoms with Gasteiger partial charge in [-0.15, -0.1) is 0 Å². The Labute approximate surface area is 137 Å². The second-order valence-corrected chi connectivity index (χ2v) is 8.53. The van der Waals surface area contributed by atoms with E-state index in [9.17, 15) is 8.42 Å². The highest BCUT2D eigenvalue weighted by molar-refractivity contribution is 7.91. The molecule has 0 saturated carbocycles. The molecule has 1 N–H and O–H groups in total. The van der Waals surface area contributed by atoms with E-state index in [4.69, 9.17) is 0 Å². The van der Waals surface area contributed by atoms with Crippen molar-refractivity contribution in [2.75, 3.05) is 18.1 Å². The Balaban J connectivity index is 1.66. The molecule has 6 heteroatoms. The lowest BCUT2D eigenvalue weighted by molar-refractivity contribution is 0.519. The minimum absolute atomic E-state index is 0.241. The van der Waals surface area contributed by atoms with Crippen molar-refractivity contribution in [1.29, 1.82) is 0 Å². The molecule has 0 amide bonds. The first-order chi connectivity index (χ1) is 11.0. The number of nitrogens with one attached hydrogen (secondary N) is 1. The summed E-state index contributed by atoms with van der Waals surface area (Å²) in [5.41, 5.74) is 4.38. The van der Waals surface area contributed by atoms with Crippen LogP contribution >= 0.6 is 0 Å². The van der Waals surface area contributed by atoms with Gasteiger partial charge in [0.1, 0.15) is 0 Å². The number of hydrogen-bond acceptors (Lipinski definition) is 4. The number of sulfone groups is 1. The molecule has 1 aliphatic rings. The normalized spacial score (nSPS) is 20.0. The Morgan fingerprint density at radius 2 is 2.00 bits per heavy atom. The summed E-state index contributed by atoms with van der Waals surface area (Å²) in [6.07, 6.45) is 0.774. The minimum atomic E-state index is -2.80. The lowest BCUT2D eigenvalue weighted by atomic mass is 10.1. The zero-order valence-corrected chi connectivity index (χ0v) is 14.4. The Bertz CT molecular complexity index is 782. The van der Waals surface area contributed by atoms with E-state index in [-0.39, 0.29) is 5.92 Å². The van der Waals surface area contributed by atoms with Crippen LogP contribution in [0.25, 0.3) is 5.69 Å². The van der Waals surface area contributed by atoms with Crippen molar-refractivity contribution in [3.05, 3.63) is 47.3 Å². The summed E-state index contributed by atoms with van der Waals surface area (Å²) in [6, 6.07) is 10.1. The number of aromatic nitrogens is 2. The van der Waals surface area contributed by atoms with Gasteiger partial charge in [0, 0.05) is 17.8 Å². The smallest absolute Gasteiger partial charge is 0.150 e. The van der Waals surface area contributed by atoms with E-state index in [0.717, 1.165) is 36.6 Å². The van der Waals surface area contributed by atoms with Crippen LogP contribution in [0.1, 0.15) is 23.4 Å². The zero-order chi connectivity index (χ0) is 16.4. The molecule has 0 unspecified atom stereocenters. The molecule has 1 fully saturated rings. The summed E-state index contributed by atoms with van der Waals surface area (Å²) < 4.78 is 25.0. The predicted molar refractivity (Wildman–Crippen MR) is 91.5 cm³/mol. The van der Waals surface area contributed by atoms with Crippen LogP contribution in [0.4, 0.5) is 0 Å². The fourth-order valence-electron chi connectivity index (χ4n) is 3.19. The van der Waals surface area contributed by atoms with Gasteiger partial charge in [-0.05, 0) is 44.9 Å². The van der Waals surface area contributed by atoms with Crippen molar-refractivity contribution in [2.45, 2.75) is 26.8 Å². The molecule has 1 aliphatic heterocycles. The molecular formula is C17H23N3O2S. The number of benzene rings is 1. The monoisotopic (exact) mass is 333 g/mol. The van der Waals surface area contributed by atoms with Crippen LogP contribution in [-0.2, 0) is 16.4 Å². The molecule has 124 valence electrons. The van der Waals surface area contributed by atoms with Gasteiger partial charge in [-0.1, -0.05) is 18.2 Å². The number of nitrogens with zero attached hydrogens (tertiary/aromatic N) is 2. The van der Waals surface area contributed by atoms with Crippen LogP contribution in [0.2, 0.25) is 0 Å². The van der Waals surface area contributed by atoms with Crippen LogP contribution in [0, 0.1) is 19.8 Å². The third kappa shape index (κ3) is 3.64.